The van der Waals surface area contributed by atoms with Crippen LogP contribution in [0.15, 0.2) is 33.9 Å². The van der Waals surface area contributed by atoms with E-state index in [2.05, 4.69) is 29.9 Å². The molecule has 0 unspecified atom stereocenters. The van der Waals surface area contributed by atoms with Gasteiger partial charge in [-0.1, -0.05) is 26.0 Å². The number of rotatable bonds is 2. The van der Waals surface area contributed by atoms with E-state index in [9.17, 15) is 0 Å². The van der Waals surface area contributed by atoms with Crippen LogP contribution >= 0.6 is 0 Å². The molecule has 70 valence electrons. The lowest BCUT2D eigenvalue weighted by Crippen LogP contribution is -2.05. The second-order valence-corrected chi connectivity index (χ2v) is 3.35. The van der Waals surface area contributed by atoms with E-state index < -0.39 is 0 Å². The minimum absolute atomic E-state index is 0.562. The van der Waals surface area contributed by atoms with Gasteiger partial charge in [-0.05, 0) is 18.4 Å². The first kappa shape index (κ1) is 9.90. The van der Waals surface area contributed by atoms with E-state index in [1.807, 2.05) is 19.2 Å². The first-order valence-electron chi connectivity index (χ1n) is 4.66. The van der Waals surface area contributed by atoms with E-state index in [1.54, 1.807) is 6.20 Å². The van der Waals surface area contributed by atoms with Crippen LogP contribution in [-0.2, 0) is 0 Å². The summed E-state index contributed by atoms with van der Waals surface area (Å²) in [6, 6.07) is 0. The van der Waals surface area contributed by atoms with Crippen molar-refractivity contribution >= 4 is 12.1 Å². The average Bonchev–Trinajstić information content (AvgIpc) is 2.15. The lowest BCUT2D eigenvalue weighted by Gasteiger charge is -2.09. The van der Waals surface area contributed by atoms with Crippen molar-refractivity contribution in [2.45, 2.75) is 27.2 Å². The summed E-state index contributed by atoms with van der Waals surface area (Å²) in [5, 5.41) is 0. The van der Waals surface area contributed by atoms with E-state index in [0.29, 0.717) is 5.92 Å². The highest BCUT2D eigenvalue weighted by molar-refractivity contribution is 5.98. The smallest absolute Gasteiger partial charge is 0.131 e. The Bertz CT molecular complexity index is 280. The molecule has 1 rings (SSSR count). The van der Waals surface area contributed by atoms with Crippen molar-refractivity contribution in [2.75, 3.05) is 0 Å². The van der Waals surface area contributed by atoms with Crippen molar-refractivity contribution in [1.29, 1.82) is 0 Å². The van der Waals surface area contributed by atoms with Crippen LogP contribution in [-0.4, -0.2) is 12.1 Å². The van der Waals surface area contributed by atoms with Crippen LogP contribution in [0.5, 0.6) is 0 Å². The molecule has 0 aromatic heterocycles. The Morgan fingerprint density at radius 1 is 1.54 bits per heavy atom. The second-order valence-electron chi connectivity index (χ2n) is 3.35. The third kappa shape index (κ3) is 2.98. The number of hydrogen-bond acceptors (Lipinski definition) is 1. The summed E-state index contributed by atoms with van der Waals surface area (Å²) in [6.45, 7) is 6.30. The van der Waals surface area contributed by atoms with Crippen molar-refractivity contribution in [2.24, 2.45) is 15.9 Å². The van der Waals surface area contributed by atoms with Crippen LogP contribution < -0.4 is 0 Å². The number of hydrogen-bond donors (Lipinski definition) is 0. The van der Waals surface area contributed by atoms with Crippen LogP contribution in [0, 0.1) is 5.92 Å². The molecule has 0 N–H and O–H groups in total. The summed E-state index contributed by atoms with van der Waals surface area (Å²) in [6.07, 6.45) is 8.65. The van der Waals surface area contributed by atoms with Crippen LogP contribution in [0.25, 0.3) is 0 Å². The van der Waals surface area contributed by atoms with Crippen LogP contribution in [0.3, 0.4) is 0 Å². The molecular weight excluding hydrogens is 160 g/mol. The van der Waals surface area contributed by atoms with E-state index in [4.69, 9.17) is 0 Å². The van der Waals surface area contributed by atoms with Crippen molar-refractivity contribution in [1.82, 2.24) is 0 Å². The lowest BCUT2D eigenvalue weighted by molar-refractivity contribution is 0.801. The Morgan fingerprint density at radius 3 is 2.77 bits per heavy atom. The number of nitrogens with zero attached hydrogens (tertiary/aromatic N) is 2. The molecule has 0 fully saturated rings. The SMILES string of the molecule is C/C=C\N=C1/CC=C(C(C)C)C=N1. The second kappa shape index (κ2) is 4.75. The summed E-state index contributed by atoms with van der Waals surface area (Å²) >= 11 is 0. The molecule has 0 aliphatic carbocycles. The fourth-order valence-electron chi connectivity index (χ4n) is 1.09. The molecule has 0 saturated carbocycles. The number of allylic oxidation sites excluding steroid dienone is 2. The van der Waals surface area contributed by atoms with Crippen molar-refractivity contribution < 1.29 is 0 Å². The Balaban J connectivity index is 2.63. The van der Waals surface area contributed by atoms with E-state index in [0.717, 1.165) is 12.3 Å². The zero-order valence-corrected chi connectivity index (χ0v) is 8.49. The van der Waals surface area contributed by atoms with Crippen LogP contribution in [0.1, 0.15) is 27.2 Å². The molecule has 0 aromatic carbocycles. The number of aliphatic imine (C=N–C) groups is 2. The molecule has 0 bridgehead atoms. The molecule has 13 heavy (non-hydrogen) atoms. The Morgan fingerprint density at radius 2 is 2.31 bits per heavy atom. The van der Waals surface area contributed by atoms with Gasteiger partial charge in [0.1, 0.15) is 5.84 Å². The number of dihydropyridines is 1. The zero-order valence-electron chi connectivity index (χ0n) is 8.49. The molecule has 1 aliphatic heterocycles. The molecule has 1 aliphatic rings. The molecule has 0 radical (unpaired) electrons. The highest BCUT2D eigenvalue weighted by Crippen LogP contribution is 2.12. The van der Waals surface area contributed by atoms with Gasteiger partial charge in [-0.3, -0.25) is 0 Å². The van der Waals surface area contributed by atoms with E-state index in [1.165, 1.54) is 5.57 Å². The molecule has 0 aromatic rings. The highest BCUT2D eigenvalue weighted by atomic mass is 14.9. The van der Waals surface area contributed by atoms with Crippen molar-refractivity contribution in [3.05, 3.63) is 23.9 Å². The van der Waals surface area contributed by atoms with Gasteiger partial charge in [-0.25, -0.2) is 9.98 Å². The normalized spacial score (nSPS) is 20.3. The summed E-state index contributed by atoms with van der Waals surface area (Å²) in [4.78, 5) is 8.46. The highest BCUT2D eigenvalue weighted by Gasteiger charge is 2.05. The van der Waals surface area contributed by atoms with Crippen LogP contribution in [0.4, 0.5) is 0 Å². The quantitative estimate of drug-likeness (QED) is 0.618. The van der Waals surface area contributed by atoms with Crippen molar-refractivity contribution in [3.8, 4) is 0 Å². The maximum absolute atomic E-state index is 4.28. The molecule has 0 atom stereocenters. The first-order valence-corrected chi connectivity index (χ1v) is 4.66. The largest absolute Gasteiger partial charge is 0.241 e. The fourth-order valence-corrected chi connectivity index (χ4v) is 1.09. The fraction of sp³-hybridized carbons (Fsp3) is 0.455. The van der Waals surface area contributed by atoms with E-state index in [-0.39, 0.29) is 0 Å². The van der Waals surface area contributed by atoms with E-state index >= 15 is 0 Å². The van der Waals surface area contributed by atoms with Gasteiger partial charge < -0.3 is 0 Å². The van der Waals surface area contributed by atoms with Gasteiger partial charge in [0.25, 0.3) is 0 Å². The van der Waals surface area contributed by atoms with Gasteiger partial charge in [-0.2, -0.15) is 0 Å². The van der Waals surface area contributed by atoms with Gasteiger partial charge in [0.2, 0.25) is 0 Å². The number of amidine groups is 1. The predicted molar refractivity (Wildman–Crippen MR) is 58.3 cm³/mol. The molecule has 0 spiro atoms. The molecule has 1 heterocycles. The summed E-state index contributed by atoms with van der Waals surface area (Å²) in [5.74, 6) is 1.45. The van der Waals surface area contributed by atoms with Crippen LogP contribution in [0.2, 0.25) is 0 Å². The van der Waals surface area contributed by atoms with Gasteiger partial charge in [0, 0.05) is 18.8 Å². The molecule has 0 amide bonds. The summed E-state index contributed by atoms with van der Waals surface area (Å²) in [7, 11) is 0. The Hall–Kier alpha value is -1.18. The lowest BCUT2D eigenvalue weighted by atomic mass is 10.0. The predicted octanol–water partition coefficient (Wildman–Crippen LogP) is 2.98. The molecular formula is C11H16N2. The zero-order chi connectivity index (χ0) is 9.68. The average molecular weight is 176 g/mol. The molecule has 2 nitrogen and oxygen atoms in total. The first-order chi connectivity index (χ1) is 6.24. The Labute approximate surface area is 79.8 Å². The summed E-state index contributed by atoms with van der Waals surface area (Å²) in [5.41, 5.74) is 1.31. The molecule has 2 heteroatoms. The third-order valence-corrected chi connectivity index (χ3v) is 1.92. The topological polar surface area (TPSA) is 24.7 Å². The van der Waals surface area contributed by atoms with Gasteiger partial charge in [0.15, 0.2) is 0 Å². The van der Waals surface area contributed by atoms with Gasteiger partial charge >= 0.3 is 0 Å². The maximum atomic E-state index is 4.28. The minimum atomic E-state index is 0.562. The van der Waals surface area contributed by atoms with Crippen molar-refractivity contribution in [3.63, 3.8) is 0 Å². The minimum Gasteiger partial charge on any atom is -0.241 e. The third-order valence-electron chi connectivity index (χ3n) is 1.92. The summed E-state index contributed by atoms with van der Waals surface area (Å²) < 4.78 is 0. The van der Waals surface area contributed by atoms with Gasteiger partial charge in [-0.15, -0.1) is 0 Å². The van der Waals surface area contributed by atoms with Gasteiger partial charge in [0.05, 0.1) is 0 Å². The monoisotopic (exact) mass is 176 g/mol. The molecule has 0 saturated heterocycles. The Kier molecular flexibility index (Phi) is 3.62. The maximum Gasteiger partial charge on any atom is 0.131 e. The standard InChI is InChI=1S/C11H16N2/c1-4-7-12-11-6-5-10(8-13-11)9(2)3/h4-5,7-9H,6H2,1-3H3/b7-4-,12-11+.